The molecular weight excluding hydrogens is 239 g/mol. The lowest BCUT2D eigenvalue weighted by atomic mass is 9.97. The van der Waals surface area contributed by atoms with Crippen LogP contribution in [0.4, 0.5) is 13.2 Å². The molecule has 100 valence electrons. The van der Waals surface area contributed by atoms with Gasteiger partial charge in [0.1, 0.15) is 6.04 Å². The van der Waals surface area contributed by atoms with E-state index in [9.17, 15) is 13.2 Å². The summed E-state index contributed by atoms with van der Waals surface area (Å²) in [6.45, 7) is 0.279. The molecule has 0 bridgehead atoms. The Bertz CT molecular complexity index is 355. The van der Waals surface area contributed by atoms with E-state index in [1.165, 1.54) is 0 Å². The molecular formula is C14H18F3N. The summed E-state index contributed by atoms with van der Waals surface area (Å²) in [7, 11) is 0. The van der Waals surface area contributed by atoms with E-state index in [1.54, 1.807) is 0 Å². The SMILES string of the molecule is FC(F)(F)C(NCc1ccccc1)C1CCCC1. The van der Waals surface area contributed by atoms with Crippen molar-refractivity contribution in [1.29, 1.82) is 0 Å². The number of rotatable bonds is 4. The van der Waals surface area contributed by atoms with Crippen molar-refractivity contribution in [3.63, 3.8) is 0 Å². The summed E-state index contributed by atoms with van der Waals surface area (Å²) in [6.07, 6.45) is -0.934. The molecule has 1 aromatic carbocycles. The first-order valence-corrected chi connectivity index (χ1v) is 6.41. The van der Waals surface area contributed by atoms with Gasteiger partial charge in [0.15, 0.2) is 0 Å². The molecule has 1 unspecified atom stereocenters. The summed E-state index contributed by atoms with van der Waals surface area (Å²) < 4.78 is 39.0. The molecule has 0 spiro atoms. The molecule has 0 aromatic heterocycles. The number of alkyl halides is 3. The molecule has 1 saturated carbocycles. The van der Waals surface area contributed by atoms with Crippen molar-refractivity contribution in [3.05, 3.63) is 35.9 Å². The molecule has 0 amide bonds. The number of benzene rings is 1. The van der Waals surface area contributed by atoms with E-state index >= 15 is 0 Å². The second-order valence-corrected chi connectivity index (χ2v) is 4.93. The Hall–Kier alpha value is -1.03. The third kappa shape index (κ3) is 3.48. The van der Waals surface area contributed by atoms with Gasteiger partial charge in [0.2, 0.25) is 0 Å². The normalized spacial score (nSPS) is 19.1. The van der Waals surface area contributed by atoms with Crippen LogP contribution in [0.1, 0.15) is 31.2 Å². The minimum Gasteiger partial charge on any atom is -0.302 e. The summed E-state index contributed by atoms with van der Waals surface area (Å²) in [4.78, 5) is 0. The van der Waals surface area contributed by atoms with Gasteiger partial charge >= 0.3 is 6.18 Å². The first-order valence-electron chi connectivity index (χ1n) is 6.41. The average molecular weight is 257 g/mol. The zero-order valence-corrected chi connectivity index (χ0v) is 10.2. The Labute approximate surface area is 105 Å². The number of hydrogen-bond donors (Lipinski definition) is 1. The van der Waals surface area contributed by atoms with Crippen LogP contribution in [-0.4, -0.2) is 12.2 Å². The molecule has 0 heterocycles. The van der Waals surface area contributed by atoms with Crippen LogP contribution in [0, 0.1) is 5.92 Å². The fraction of sp³-hybridized carbons (Fsp3) is 0.571. The predicted octanol–water partition coefficient (Wildman–Crippen LogP) is 3.90. The highest BCUT2D eigenvalue weighted by atomic mass is 19.4. The maximum Gasteiger partial charge on any atom is 0.404 e. The maximum atomic E-state index is 13.0. The van der Waals surface area contributed by atoms with Gasteiger partial charge in [-0.05, 0) is 24.3 Å². The lowest BCUT2D eigenvalue weighted by Gasteiger charge is -2.27. The number of hydrogen-bond acceptors (Lipinski definition) is 1. The van der Waals surface area contributed by atoms with Gasteiger partial charge in [-0.3, -0.25) is 0 Å². The minimum absolute atomic E-state index is 0.256. The van der Waals surface area contributed by atoms with Crippen molar-refractivity contribution in [2.24, 2.45) is 5.92 Å². The quantitative estimate of drug-likeness (QED) is 0.862. The summed E-state index contributed by atoms with van der Waals surface area (Å²) >= 11 is 0. The molecule has 1 atom stereocenters. The van der Waals surface area contributed by atoms with E-state index in [0.717, 1.165) is 18.4 Å². The molecule has 1 N–H and O–H groups in total. The molecule has 2 rings (SSSR count). The Morgan fingerprint density at radius 3 is 2.28 bits per heavy atom. The van der Waals surface area contributed by atoms with Crippen molar-refractivity contribution < 1.29 is 13.2 Å². The van der Waals surface area contributed by atoms with E-state index in [1.807, 2.05) is 30.3 Å². The fourth-order valence-corrected chi connectivity index (χ4v) is 2.66. The molecule has 0 aliphatic heterocycles. The van der Waals surface area contributed by atoms with Gasteiger partial charge in [-0.1, -0.05) is 43.2 Å². The summed E-state index contributed by atoms with van der Waals surface area (Å²) in [6, 6.07) is 7.87. The summed E-state index contributed by atoms with van der Waals surface area (Å²) in [5.74, 6) is -0.256. The number of halogens is 3. The van der Waals surface area contributed by atoms with E-state index in [2.05, 4.69) is 5.32 Å². The molecule has 1 aliphatic carbocycles. The highest BCUT2D eigenvalue weighted by Crippen LogP contribution is 2.35. The van der Waals surface area contributed by atoms with Crippen LogP contribution in [0.3, 0.4) is 0 Å². The third-order valence-corrected chi connectivity index (χ3v) is 3.59. The van der Waals surface area contributed by atoms with Crippen molar-refractivity contribution >= 4 is 0 Å². The van der Waals surface area contributed by atoms with E-state index < -0.39 is 12.2 Å². The molecule has 4 heteroatoms. The number of nitrogens with one attached hydrogen (secondary N) is 1. The Morgan fingerprint density at radius 2 is 1.72 bits per heavy atom. The highest BCUT2D eigenvalue weighted by molar-refractivity contribution is 5.14. The fourth-order valence-electron chi connectivity index (χ4n) is 2.66. The lowest BCUT2D eigenvalue weighted by Crippen LogP contribution is -2.46. The van der Waals surface area contributed by atoms with Crippen molar-refractivity contribution in [2.75, 3.05) is 0 Å². The van der Waals surface area contributed by atoms with Crippen molar-refractivity contribution in [2.45, 2.75) is 44.4 Å². The average Bonchev–Trinajstić information content (AvgIpc) is 2.82. The highest BCUT2D eigenvalue weighted by Gasteiger charge is 2.44. The maximum absolute atomic E-state index is 13.0. The Balaban J connectivity index is 1.97. The second-order valence-electron chi connectivity index (χ2n) is 4.93. The van der Waals surface area contributed by atoms with Crippen LogP contribution in [0.15, 0.2) is 30.3 Å². The monoisotopic (exact) mass is 257 g/mol. The Morgan fingerprint density at radius 1 is 1.11 bits per heavy atom. The molecule has 1 aromatic rings. The zero-order chi connectivity index (χ0) is 13.0. The van der Waals surface area contributed by atoms with Gasteiger partial charge < -0.3 is 5.32 Å². The largest absolute Gasteiger partial charge is 0.404 e. The van der Waals surface area contributed by atoms with Crippen LogP contribution < -0.4 is 5.32 Å². The lowest BCUT2D eigenvalue weighted by molar-refractivity contribution is -0.168. The van der Waals surface area contributed by atoms with E-state index in [0.29, 0.717) is 12.8 Å². The Kier molecular flexibility index (Phi) is 4.27. The van der Waals surface area contributed by atoms with Gasteiger partial charge in [0, 0.05) is 6.54 Å². The van der Waals surface area contributed by atoms with Crippen molar-refractivity contribution in [3.8, 4) is 0 Å². The van der Waals surface area contributed by atoms with Crippen LogP contribution in [-0.2, 0) is 6.54 Å². The van der Waals surface area contributed by atoms with Crippen LogP contribution in [0.2, 0.25) is 0 Å². The standard InChI is InChI=1S/C14H18F3N/c15-14(16,17)13(12-8-4-5-9-12)18-10-11-6-2-1-3-7-11/h1-3,6-7,12-13,18H,4-5,8-10H2. The molecule has 0 saturated heterocycles. The smallest absolute Gasteiger partial charge is 0.302 e. The van der Waals surface area contributed by atoms with E-state index in [4.69, 9.17) is 0 Å². The third-order valence-electron chi connectivity index (χ3n) is 3.59. The van der Waals surface area contributed by atoms with Crippen molar-refractivity contribution in [1.82, 2.24) is 5.32 Å². The molecule has 1 aliphatic rings. The topological polar surface area (TPSA) is 12.0 Å². The second kappa shape index (κ2) is 5.74. The van der Waals surface area contributed by atoms with E-state index in [-0.39, 0.29) is 12.5 Å². The van der Waals surface area contributed by atoms with Gasteiger partial charge in [-0.25, -0.2) is 0 Å². The molecule has 1 fully saturated rings. The summed E-state index contributed by atoms with van der Waals surface area (Å²) in [5.41, 5.74) is 0.893. The zero-order valence-electron chi connectivity index (χ0n) is 10.2. The summed E-state index contributed by atoms with van der Waals surface area (Å²) in [5, 5.41) is 2.69. The molecule has 1 nitrogen and oxygen atoms in total. The van der Waals surface area contributed by atoms with Gasteiger partial charge in [0.25, 0.3) is 0 Å². The first kappa shape index (κ1) is 13.4. The van der Waals surface area contributed by atoms with Crippen LogP contribution >= 0.6 is 0 Å². The van der Waals surface area contributed by atoms with Crippen LogP contribution in [0.25, 0.3) is 0 Å². The first-order chi connectivity index (χ1) is 8.57. The molecule has 0 radical (unpaired) electrons. The van der Waals surface area contributed by atoms with Crippen LogP contribution in [0.5, 0.6) is 0 Å². The minimum atomic E-state index is -4.15. The van der Waals surface area contributed by atoms with Gasteiger partial charge in [-0.15, -0.1) is 0 Å². The predicted molar refractivity (Wildman–Crippen MR) is 65.1 cm³/mol. The molecule has 18 heavy (non-hydrogen) atoms. The van der Waals surface area contributed by atoms with Gasteiger partial charge in [0.05, 0.1) is 0 Å². The van der Waals surface area contributed by atoms with Gasteiger partial charge in [-0.2, -0.15) is 13.2 Å².